The third-order valence-electron chi connectivity index (χ3n) is 9.42. The van der Waals surface area contributed by atoms with Crippen molar-refractivity contribution in [3.8, 4) is 28.0 Å². The Labute approximate surface area is 262 Å². The molecule has 1 saturated carbocycles. The van der Waals surface area contributed by atoms with Crippen LogP contribution in [0.1, 0.15) is 128 Å². The van der Waals surface area contributed by atoms with Crippen molar-refractivity contribution in [3.63, 3.8) is 0 Å². The van der Waals surface area contributed by atoms with Crippen LogP contribution in [0.15, 0.2) is 48.5 Å². The van der Waals surface area contributed by atoms with Gasteiger partial charge in [0.05, 0.1) is 6.61 Å². The Kier molecular flexibility index (Phi) is 13.6. The van der Waals surface area contributed by atoms with Gasteiger partial charge in [-0.3, -0.25) is 0 Å². The standard InChI is InChI=1S/C39H50F4O/c1-3-5-7-9-11-13-27-44-35-26-25-34(38(42)39(35)43)31-21-19-30(20-22-31)33-24-23-32(36(40)37(33)41)29-17-15-28(16-18-29)14-12-10-8-6-4-2/h19-26,28-29H,3-18,27H2,1-2H3. The highest BCUT2D eigenvalue weighted by Crippen LogP contribution is 2.40. The molecular formula is C39H50F4O. The molecule has 0 saturated heterocycles. The molecule has 5 heteroatoms. The summed E-state index contributed by atoms with van der Waals surface area (Å²) in [6.45, 7) is 4.74. The minimum atomic E-state index is -1.01. The van der Waals surface area contributed by atoms with Gasteiger partial charge in [-0.2, -0.15) is 4.39 Å². The maximum atomic E-state index is 15.3. The second-order valence-corrected chi connectivity index (χ2v) is 12.7. The number of ether oxygens (including phenoxy) is 1. The lowest BCUT2D eigenvalue weighted by molar-refractivity contribution is 0.285. The summed E-state index contributed by atoms with van der Waals surface area (Å²) in [5.41, 5.74) is 1.68. The molecule has 4 rings (SSSR count). The molecule has 0 bridgehead atoms. The van der Waals surface area contributed by atoms with E-state index < -0.39 is 23.3 Å². The van der Waals surface area contributed by atoms with Gasteiger partial charge >= 0.3 is 0 Å². The fraction of sp³-hybridized carbons (Fsp3) is 0.538. The Hall–Kier alpha value is -2.82. The molecule has 0 heterocycles. The van der Waals surface area contributed by atoms with Crippen molar-refractivity contribution < 1.29 is 22.3 Å². The van der Waals surface area contributed by atoms with Gasteiger partial charge < -0.3 is 4.74 Å². The van der Waals surface area contributed by atoms with Gasteiger partial charge in [0.25, 0.3) is 0 Å². The zero-order chi connectivity index (χ0) is 31.3. The summed E-state index contributed by atoms with van der Waals surface area (Å²) < 4.78 is 66.0. The molecule has 0 radical (unpaired) electrons. The highest BCUT2D eigenvalue weighted by molar-refractivity contribution is 5.72. The molecule has 3 aromatic carbocycles. The summed E-state index contributed by atoms with van der Waals surface area (Å²) in [6, 6.07) is 12.8. The lowest BCUT2D eigenvalue weighted by Crippen LogP contribution is -2.15. The normalized spacial score (nSPS) is 16.8. The molecule has 44 heavy (non-hydrogen) atoms. The third-order valence-corrected chi connectivity index (χ3v) is 9.42. The monoisotopic (exact) mass is 610 g/mol. The first-order valence-corrected chi connectivity index (χ1v) is 17.1. The molecule has 0 N–H and O–H groups in total. The van der Waals surface area contributed by atoms with Gasteiger partial charge in [0.15, 0.2) is 23.2 Å². The van der Waals surface area contributed by atoms with E-state index in [0.717, 1.165) is 44.9 Å². The van der Waals surface area contributed by atoms with Crippen LogP contribution in [-0.4, -0.2) is 6.61 Å². The molecule has 1 nitrogen and oxygen atoms in total. The fourth-order valence-corrected chi connectivity index (χ4v) is 6.66. The van der Waals surface area contributed by atoms with Crippen molar-refractivity contribution in [2.75, 3.05) is 6.61 Å². The Morgan fingerprint density at radius 1 is 0.545 bits per heavy atom. The highest BCUT2D eigenvalue weighted by Gasteiger charge is 2.26. The van der Waals surface area contributed by atoms with E-state index in [1.807, 2.05) is 0 Å². The largest absolute Gasteiger partial charge is 0.490 e. The summed E-state index contributed by atoms with van der Waals surface area (Å²) >= 11 is 0. The lowest BCUT2D eigenvalue weighted by Gasteiger charge is -2.29. The SMILES string of the molecule is CCCCCCCCOc1ccc(-c2ccc(-c3ccc(C4CCC(CCCCCCC)CC4)c(F)c3F)cc2)c(F)c1F. The van der Waals surface area contributed by atoms with Crippen LogP contribution >= 0.6 is 0 Å². The molecular weight excluding hydrogens is 560 g/mol. The molecule has 0 aliphatic heterocycles. The van der Waals surface area contributed by atoms with Crippen LogP contribution in [0.4, 0.5) is 17.6 Å². The van der Waals surface area contributed by atoms with Gasteiger partial charge in [-0.1, -0.05) is 121 Å². The van der Waals surface area contributed by atoms with Crippen molar-refractivity contribution in [2.24, 2.45) is 5.92 Å². The number of halogens is 4. The van der Waals surface area contributed by atoms with E-state index in [1.165, 1.54) is 69.9 Å². The molecule has 3 aromatic rings. The van der Waals surface area contributed by atoms with Gasteiger partial charge in [-0.05, 0) is 72.8 Å². The summed E-state index contributed by atoms with van der Waals surface area (Å²) in [7, 11) is 0. The maximum absolute atomic E-state index is 15.3. The van der Waals surface area contributed by atoms with Gasteiger partial charge in [0.2, 0.25) is 5.82 Å². The zero-order valence-corrected chi connectivity index (χ0v) is 26.7. The zero-order valence-electron chi connectivity index (χ0n) is 26.7. The Morgan fingerprint density at radius 2 is 1.07 bits per heavy atom. The summed E-state index contributed by atoms with van der Waals surface area (Å²) in [5.74, 6) is -2.95. The number of hydrogen-bond acceptors (Lipinski definition) is 1. The average Bonchev–Trinajstić information content (AvgIpc) is 3.04. The van der Waals surface area contributed by atoms with Crippen LogP contribution in [0.5, 0.6) is 5.75 Å². The first-order valence-electron chi connectivity index (χ1n) is 17.1. The Morgan fingerprint density at radius 3 is 1.68 bits per heavy atom. The predicted molar refractivity (Wildman–Crippen MR) is 174 cm³/mol. The molecule has 240 valence electrons. The Bertz CT molecular complexity index is 1290. The predicted octanol–water partition coefficient (Wildman–Crippen LogP) is 13.0. The van der Waals surface area contributed by atoms with Crippen molar-refractivity contribution in [1.29, 1.82) is 0 Å². The lowest BCUT2D eigenvalue weighted by atomic mass is 9.76. The van der Waals surface area contributed by atoms with Gasteiger partial charge in [0, 0.05) is 11.1 Å². The average molecular weight is 611 g/mol. The summed E-state index contributed by atoms with van der Waals surface area (Å²) in [5, 5.41) is 0. The quantitative estimate of drug-likeness (QED) is 0.109. The van der Waals surface area contributed by atoms with Crippen LogP contribution in [0.3, 0.4) is 0 Å². The molecule has 0 aromatic heterocycles. The van der Waals surface area contributed by atoms with Gasteiger partial charge in [-0.25, -0.2) is 13.2 Å². The van der Waals surface area contributed by atoms with E-state index in [0.29, 0.717) is 29.2 Å². The smallest absolute Gasteiger partial charge is 0.201 e. The minimum Gasteiger partial charge on any atom is -0.490 e. The van der Waals surface area contributed by atoms with Crippen molar-refractivity contribution in [3.05, 3.63) is 77.4 Å². The molecule has 1 aliphatic carbocycles. The first-order chi connectivity index (χ1) is 21.4. The van der Waals surface area contributed by atoms with E-state index in [2.05, 4.69) is 13.8 Å². The van der Waals surface area contributed by atoms with Crippen LogP contribution in [0.2, 0.25) is 0 Å². The fourth-order valence-electron chi connectivity index (χ4n) is 6.66. The van der Waals surface area contributed by atoms with E-state index in [9.17, 15) is 8.78 Å². The molecule has 1 fully saturated rings. The second-order valence-electron chi connectivity index (χ2n) is 12.7. The molecule has 0 atom stereocenters. The Balaban J connectivity index is 1.35. The van der Waals surface area contributed by atoms with Crippen molar-refractivity contribution >= 4 is 0 Å². The van der Waals surface area contributed by atoms with Gasteiger partial charge in [-0.15, -0.1) is 0 Å². The van der Waals surface area contributed by atoms with Crippen LogP contribution in [-0.2, 0) is 0 Å². The number of unbranched alkanes of at least 4 members (excludes halogenated alkanes) is 9. The topological polar surface area (TPSA) is 9.23 Å². The number of benzene rings is 3. The minimum absolute atomic E-state index is 0.0490. The van der Waals surface area contributed by atoms with Gasteiger partial charge in [0.1, 0.15) is 0 Å². The summed E-state index contributed by atoms with van der Waals surface area (Å²) in [6.07, 6.45) is 18.1. The van der Waals surface area contributed by atoms with Crippen LogP contribution in [0.25, 0.3) is 22.3 Å². The number of hydrogen-bond donors (Lipinski definition) is 0. The molecule has 0 spiro atoms. The van der Waals surface area contributed by atoms with Crippen LogP contribution < -0.4 is 4.74 Å². The second kappa shape index (κ2) is 17.6. The molecule has 0 unspecified atom stereocenters. The van der Waals surface area contributed by atoms with E-state index >= 15 is 8.78 Å². The molecule has 0 amide bonds. The van der Waals surface area contributed by atoms with Crippen molar-refractivity contribution in [2.45, 2.75) is 122 Å². The van der Waals surface area contributed by atoms with E-state index in [-0.39, 0.29) is 22.8 Å². The van der Waals surface area contributed by atoms with E-state index in [1.54, 1.807) is 36.4 Å². The first kappa shape index (κ1) is 34.1. The van der Waals surface area contributed by atoms with E-state index in [4.69, 9.17) is 4.74 Å². The number of rotatable bonds is 17. The van der Waals surface area contributed by atoms with Crippen LogP contribution in [0, 0.1) is 29.2 Å². The highest BCUT2D eigenvalue weighted by atomic mass is 19.2. The summed E-state index contributed by atoms with van der Waals surface area (Å²) in [4.78, 5) is 0. The third kappa shape index (κ3) is 9.11. The maximum Gasteiger partial charge on any atom is 0.201 e. The van der Waals surface area contributed by atoms with Crippen molar-refractivity contribution in [1.82, 2.24) is 0 Å². The molecule has 1 aliphatic rings.